The Morgan fingerprint density at radius 2 is 1.73 bits per heavy atom. The first kappa shape index (κ1) is 8.36. The van der Waals surface area contributed by atoms with E-state index in [0.717, 1.165) is 12.1 Å². The van der Waals surface area contributed by atoms with E-state index >= 15 is 0 Å². The smallest absolute Gasteiger partial charge is 0.192 e. The number of nitrogens with one attached hydrogen (secondary N) is 1. The summed E-state index contributed by atoms with van der Waals surface area (Å²) in [5, 5.41) is 2.18. The third-order valence-corrected chi connectivity index (χ3v) is 2.92. The van der Waals surface area contributed by atoms with Crippen molar-refractivity contribution >= 4 is 5.69 Å². The topological polar surface area (TPSA) is 36.3 Å². The Morgan fingerprint density at radius 3 is 2.60 bits per heavy atom. The van der Waals surface area contributed by atoms with Crippen LogP contribution in [0.25, 0.3) is 16.7 Å². The van der Waals surface area contributed by atoms with Crippen LogP contribution in [0, 0.1) is 0 Å². The van der Waals surface area contributed by atoms with Gasteiger partial charge in [-0.2, -0.15) is 0 Å². The Bertz CT molecular complexity index is 544. The molecule has 0 heterocycles. The largest absolute Gasteiger partial charge is 0.502 e. The van der Waals surface area contributed by atoms with E-state index in [1.807, 2.05) is 12.1 Å². The van der Waals surface area contributed by atoms with Gasteiger partial charge in [0, 0.05) is 12.1 Å². The van der Waals surface area contributed by atoms with Gasteiger partial charge in [0.2, 0.25) is 0 Å². The predicted molar refractivity (Wildman–Crippen MR) is 58.7 cm³/mol. The molecule has 0 bridgehead atoms. The fourth-order valence-electron chi connectivity index (χ4n) is 2.21. The maximum Gasteiger partial charge on any atom is 0.192 e. The highest BCUT2D eigenvalue weighted by molar-refractivity contribution is 5.77. The van der Waals surface area contributed by atoms with E-state index < -0.39 is 0 Å². The lowest BCUT2D eigenvalue weighted by atomic mass is 10.1. The molecule has 0 radical (unpaired) electrons. The van der Waals surface area contributed by atoms with Gasteiger partial charge < -0.3 is 5.53 Å². The SMILES string of the molecule is [N-]=[NH+]c1ccc2c(c1)Cc1ccccc1-2. The van der Waals surface area contributed by atoms with E-state index in [9.17, 15) is 0 Å². The molecule has 0 saturated carbocycles. The molecule has 0 fully saturated rings. The molecule has 1 aliphatic carbocycles. The van der Waals surface area contributed by atoms with Crippen molar-refractivity contribution < 1.29 is 5.11 Å². The van der Waals surface area contributed by atoms with Crippen LogP contribution in [-0.4, -0.2) is 0 Å². The Hall–Kier alpha value is -1.96. The first-order chi connectivity index (χ1) is 7.38. The maximum atomic E-state index is 8.84. The fourth-order valence-corrected chi connectivity index (χ4v) is 2.21. The quantitative estimate of drug-likeness (QED) is 0.575. The van der Waals surface area contributed by atoms with Crippen LogP contribution in [0.2, 0.25) is 0 Å². The van der Waals surface area contributed by atoms with Crippen molar-refractivity contribution in [2.45, 2.75) is 6.42 Å². The molecule has 0 atom stereocenters. The lowest BCUT2D eigenvalue weighted by Gasteiger charge is -1.99. The maximum absolute atomic E-state index is 8.84. The van der Waals surface area contributed by atoms with E-state index in [4.69, 9.17) is 5.53 Å². The molecule has 3 rings (SSSR count). The highest BCUT2D eigenvalue weighted by atomic mass is 15.0. The van der Waals surface area contributed by atoms with Gasteiger partial charge in [0.05, 0.1) is 0 Å². The zero-order chi connectivity index (χ0) is 10.3. The predicted octanol–water partition coefficient (Wildman–Crippen LogP) is 1.99. The average Bonchev–Trinajstić information content (AvgIpc) is 2.66. The molecule has 2 nitrogen and oxygen atoms in total. The van der Waals surface area contributed by atoms with Crippen molar-refractivity contribution in [3.05, 3.63) is 59.1 Å². The number of rotatable bonds is 1. The fraction of sp³-hybridized carbons (Fsp3) is 0.0769. The summed E-state index contributed by atoms with van der Waals surface area (Å²) < 4.78 is 0. The summed E-state index contributed by atoms with van der Waals surface area (Å²) in [6, 6.07) is 14.4. The molecule has 15 heavy (non-hydrogen) atoms. The molecule has 1 N–H and O–H groups in total. The van der Waals surface area contributed by atoms with Gasteiger partial charge >= 0.3 is 0 Å². The van der Waals surface area contributed by atoms with Crippen LogP contribution in [0.5, 0.6) is 0 Å². The monoisotopic (exact) mass is 194 g/mol. The third-order valence-electron chi connectivity index (χ3n) is 2.92. The number of hydrogen-bond donors (Lipinski definition) is 1. The number of fused-ring (bicyclic) bond motifs is 3. The minimum absolute atomic E-state index is 0.751. The van der Waals surface area contributed by atoms with E-state index in [1.165, 1.54) is 22.3 Å². The normalized spacial score (nSPS) is 12.0. The van der Waals surface area contributed by atoms with Gasteiger partial charge in [-0.05, 0) is 34.7 Å². The standard InChI is InChI=1S/C13H10N2/c14-15-11-5-6-13-10(8-11)7-9-3-1-2-4-12(9)13/h1-6,8,15H,7H2. The van der Waals surface area contributed by atoms with Gasteiger partial charge in [-0.25, -0.2) is 0 Å². The van der Waals surface area contributed by atoms with Crippen LogP contribution in [0.15, 0.2) is 42.5 Å². The van der Waals surface area contributed by atoms with Crippen LogP contribution >= 0.6 is 0 Å². The first-order valence-electron chi connectivity index (χ1n) is 5.00. The van der Waals surface area contributed by atoms with Gasteiger partial charge in [-0.3, -0.25) is 5.11 Å². The summed E-state index contributed by atoms with van der Waals surface area (Å²) in [6.45, 7) is 0. The van der Waals surface area contributed by atoms with Crippen LogP contribution in [0.3, 0.4) is 0 Å². The molecule has 0 spiro atoms. The summed E-state index contributed by atoms with van der Waals surface area (Å²) in [5.74, 6) is 0. The van der Waals surface area contributed by atoms with Crippen molar-refractivity contribution in [3.8, 4) is 11.1 Å². The molecular weight excluding hydrogens is 184 g/mol. The van der Waals surface area contributed by atoms with Crippen molar-refractivity contribution in [1.82, 2.24) is 0 Å². The third kappa shape index (κ3) is 1.18. The Kier molecular flexibility index (Phi) is 1.68. The van der Waals surface area contributed by atoms with E-state index in [2.05, 4.69) is 35.4 Å². The van der Waals surface area contributed by atoms with E-state index in [1.54, 1.807) is 0 Å². The molecule has 0 aliphatic heterocycles. The van der Waals surface area contributed by atoms with Crippen molar-refractivity contribution in [2.24, 2.45) is 0 Å². The summed E-state index contributed by atoms with van der Waals surface area (Å²) in [6.07, 6.45) is 0.959. The molecule has 0 amide bonds. The van der Waals surface area contributed by atoms with E-state index in [0.29, 0.717) is 0 Å². The Morgan fingerprint density at radius 1 is 0.933 bits per heavy atom. The molecule has 2 heteroatoms. The zero-order valence-corrected chi connectivity index (χ0v) is 8.20. The van der Waals surface area contributed by atoms with Gasteiger partial charge in [0.25, 0.3) is 0 Å². The highest BCUT2D eigenvalue weighted by Gasteiger charge is 2.18. The minimum atomic E-state index is 0.751. The van der Waals surface area contributed by atoms with Gasteiger partial charge in [0.1, 0.15) is 0 Å². The second-order valence-electron chi connectivity index (χ2n) is 3.82. The van der Waals surface area contributed by atoms with Crippen LogP contribution in [0.4, 0.5) is 5.69 Å². The number of benzene rings is 2. The lowest BCUT2D eigenvalue weighted by molar-refractivity contribution is -0.379. The molecule has 72 valence electrons. The molecular formula is C13H10N2. The zero-order valence-electron chi connectivity index (χ0n) is 8.20. The molecule has 2 aromatic rings. The summed E-state index contributed by atoms with van der Waals surface area (Å²) in [5.41, 5.74) is 14.8. The Balaban J connectivity index is 2.22. The van der Waals surface area contributed by atoms with Gasteiger partial charge in [0.15, 0.2) is 5.69 Å². The molecule has 2 aromatic carbocycles. The van der Waals surface area contributed by atoms with E-state index in [-0.39, 0.29) is 0 Å². The van der Waals surface area contributed by atoms with Crippen molar-refractivity contribution in [2.75, 3.05) is 0 Å². The number of nitrogens with zero attached hydrogens (tertiary/aromatic N) is 1. The first-order valence-corrected chi connectivity index (χ1v) is 5.00. The molecule has 0 saturated heterocycles. The second-order valence-corrected chi connectivity index (χ2v) is 3.82. The van der Waals surface area contributed by atoms with Gasteiger partial charge in [-0.15, -0.1) is 0 Å². The summed E-state index contributed by atoms with van der Waals surface area (Å²) >= 11 is 0. The highest BCUT2D eigenvalue weighted by Crippen LogP contribution is 2.36. The van der Waals surface area contributed by atoms with Crippen molar-refractivity contribution in [3.63, 3.8) is 0 Å². The van der Waals surface area contributed by atoms with Crippen LogP contribution in [-0.2, 0) is 6.42 Å². The Labute approximate surface area is 88.1 Å². The minimum Gasteiger partial charge on any atom is -0.502 e. The van der Waals surface area contributed by atoms with Crippen molar-refractivity contribution in [1.29, 1.82) is 0 Å². The summed E-state index contributed by atoms with van der Waals surface area (Å²) in [7, 11) is 0. The molecule has 1 aliphatic rings. The molecule has 0 aromatic heterocycles. The van der Waals surface area contributed by atoms with Crippen LogP contribution in [0.1, 0.15) is 11.1 Å². The van der Waals surface area contributed by atoms with Gasteiger partial charge in [-0.1, -0.05) is 24.3 Å². The summed E-state index contributed by atoms with van der Waals surface area (Å²) in [4.78, 5) is 0. The second kappa shape index (κ2) is 3.02. The number of hydrogen-bond acceptors (Lipinski definition) is 0. The lowest BCUT2D eigenvalue weighted by Crippen LogP contribution is -2.54. The average molecular weight is 194 g/mol. The van der Waals surface area contributed by atoms with Crippen LogP contribution < -0.4 is 5.11 Å². The molecule has 0 unspecified atom stereocenters.